The molecule has 0 aliphatic carbocycles. The number of alkyl halides is 3. The van der Waals surface area contributed by atoms with E-state index in [4.69, 9.17) is 5.73 Å². The Hall–Kier alpha value is -2.44. The molecule has 0 saturated carbocycles. The van der Waals surface area contributed by atoms with E-state index in [9.17, 15) is 18.3 Å². The number of pyridine rings is 1. The summed E-state index contributed by atoms with van der Waals surface area (Å²) in [6.45, 7) is 1.75. The molecule has 0 radical (unpaired) electrons. The van der Waals surface area contributed by atoms with Crippen LogP contribution in [0.15, 0.2) is 30.3 Å². The van der Waals surface area contributed by atoms with Crippen LogP contribution >= 0.6 is 0 Å². The number of nitrogens with two attached hydrogens (primary N) is 1. The molecule has 0 unspecified atom stereocenters. The fourth-order valence-electron chi connectivity index (χ4n) is 1.71. The van der Waals surface area contributed by atoms with E-state index in [2.05, 4.69) is 9.72 Å². The number of ether oxygens (including phenoxy) is 1. The van der Waals surface area contributed by atoms with Gasteiger partial charge in [-0.1, -0.05) is 6.07 Å². The second kappa shape index (κ2) is 4.92. The third-order valence-corrected chi connectivity index (χ3v) is 2.56. The Labute approximate surface area is 112 Å². The first-order valence-corrected chi connectivity index (χ1v) is 5.58. The lowest BCUT2D eigenvalue weighted by atomic mass is 10.1. The monoisotopic (exact) mass is 284 g/mol. The number of nitrogen functional groups attached to an aromatic ring is 1. The van der Waals surface area contributed by atoms with Gasteiger partial charge in [-0.2, -0.15) is 0 Å². The van der Waals surface area contributed by atoms with Gasteiger partial charge >= 0.3 is 6.36 Å². The fourth-order valence-corrected chi connectivity index (χ4v) is 1.71. The predicted octanol–water partition coefficient (Wildman–Crippen LogP) is 3.24. The van der Waals surface area contributed by atoms with E-state index in [1.165, 1.54) is 6.07 Å². The van der Waals surface area contributed by atoms with E-state index in [0.29, 0.717) is 16.8 Å². The van der Waals surface area contributed by atoms with Crippen molar-refractivity contribution in [2.24, 2.45) is 0 Å². The zero-order valence-electron chi connectivity index (χ0n) is 10.4. The molecule has 0 fully saturated rings. The summed E-state index contributed by atoms with van der Waals surface area (Å²) in [7, 11) is 0. The molecule has 0 aliphatic heterocycles. The van der Waals surface area contributed by atoms with E-state index < -0.39 is 17.9 Å². The quantitative estimate of drug-likeness (QED) is 0.888. The van der Waals surface area contributed by atoms with Crippen molar-refractivity contribution < 1.29 is 23.0 Å². The highest BCUT2D eigenvalue weighted by Crippen LogP contribution is 2.36. The SMILES string of the molecule is Cc1ccc(-c2ccc(O)c(OC(F)(F)F)c2)c(N)n1. The van der Waals surface area contributed by atoms with Crippen LogP contribution in [-0.4, -0.2) is 16.5 Å². The summed E-state index contributed by atoms with van der Waals surface area (Å²) in [5, 5.41) is 9.39. The van der Waals surface area contributed by atoms with E-state index in [1.807, 2.05) is 0 Å². The molecule has 0 spiro atoms. The molecule has 20 heavy (non-hydrogen) atoms. The zero-order chi connectivity index (χ0) is 14.9. The predicted molar refractivity (Wildman–Crippen MR) is 67.2 cm³/mol. The van der Waals surface area contributed by atoms with Crippen molar-refractivity contribution in [2.45, 2.75) is 13.3 Å². The lowest BCUT2D eigenvalue weighted by Crippen LogP contribution is -2.17. The van der Waals surface area contributed by atoms with Crippen LogP contribution in [0.25, 0.3) is 11.1 Å². The zero-order valence-corrected chi connectivity index (χ0v) is 10.4. The molecule has 106 valence electrons. The number of phenolic OH excluding ortho intramolecular Hbond substituents is 1. The molecule has 2 rings (SSSR count). The number of halogens is 3. The van der Waals surface area contributed by atoms with Crippen LogP contribution in [0.1, 0.15) is 5.69 Å². The van der Waals surface area contributed by atoms with Crippen LogP contribution < -0.4 is 10.5 Å². The van der Waals surface area contributed by atoms with Crippen molar-refractivity contribution in [2.75, 3.05) is 5.73 Å². The van der Waals surface area contributed by atoms with Gasteiger partial charge in [0.05, 0.1) is 0 Å². The molecule has 0 aliphatic rings. The van der Waals surface area contributed by atoms with Crippen molar-refractivity contribution in [3.8, 4) is 22.6 Å². The topological polar surface area (TPSA) is 68.4 Å². The molecule has 0 bridgehead atoms. The first-order chi connectivity index (χ1) is 9.26. The van der Waals surface area contributed by atoms with Gasteiger partial charge in [-0.3, -0.25) is 0 Å². The van der Waals surface area contributed by atoms with Crippen LogP contribution in [0, 0.1) is 6.92 Å². The number of benzene rings is 1. The highest BCUT2D eigenvalue weighted by atomic mass is 19.4. The van der Waals surface area contributed by atoms with Crippen molar-refractivity contribution in [1.29, 1.82) is 0 Å². The molecule has 3 N–H and O–H groups in total. The molecule has 0 saturated heterocycles. The molecule has 1 heterocycles. The van der Waals surface area contributed by atoms with Gasteiger partial charge in [0.25, 0.3) is 0 Å². The summed E-state index contributed by atoms with van der Waals surface area (Å²) in [6, 6.07) is 6.92. The third kappa shape index (κ3) is 3.11. The fraction of sp³-hybridized carbons (Fsp3) is 0.154. The van der Waals surface area contributed by atoms with Crippen molar-refractivity contribution in [3.05, 3.63) is 36.0 Å². The second-order valence-electron chi connectivity index (χ2n) is 4.12. The first kappa shape index (κ1) is 14.0. The minimum absolute atomic E-state index is 0.189. The average Bonchev–Trinajstić information content (AvgIpc) is 2.30. The Bertz CT molecular complexity index is 642. The summed E-state index contributed by atoms with van der Waals surface area (Å²) in [5.74, 6) is -1.10. The van der Waals surface area contributed by atoms with Gasteiger partial charge in [0.2, 0.25) is 0 Å². The number of nitrogens with zero attached hydrogens (tertiary/aromatic N) is 1. The summed E-state index contributed by atoms with van der Waals surface area (Å²) >= 11 is 0. The standard InChI is InChI=1S/C13H11F3N2O2/c1-7-2-4-9(12(17)18-7)8-3-5-10(19)11(6-8)20-13(14,15)16/h2-6,19H,1H3,(H2,17,18). The molecule has 0 amide bonds. The van der Waals surface area contributed by atoms with Crippen LogP contribution in [0.4, 0.5) is 19.0 Å². The number of aromatic nitrogens is 1. The summed E-state index contributed by atoms with van der Waals surface area (Å²) in [4.78, 5) is 4.03. The lowest BCUT2D eigenvalue weighted by Gasteiger charge is -2.12. The molecule has 4 nitrogen and oxygen atoms in total. The van der Waals surface area contributed by atoms with E-state index in [1.54, 1.807) is 19.1 Å². The van der Waals surface area contributed by atoms with E-state index in [-0.39, 0.29) is 5.82 Å². The Morgan fingerprint density at radius 3 is 2.50 bits per heavy atom. The molecule has 0 atom stereocenters. The normalized spacial score (nSPS) is 11.4. The number of hydrogen-bond acceptors (Lipinski definition) is 4. The molecule has 1 aromatic carbocycles. The molecule has 2 aromatic rings. The minimum Gasteiger partial charge on any atom is -0.504 e. The number of hydrogen-bond donors (Lipinski definition) is 2. The molecular formula is C13H11F3N2O2. The number of phenols is 1. The third-order valence-electron chi connectivity index (χ3n) is 2.56. The van der Waals surface area contributed by atoms with Crippen LogP contribution in [0.5, 0.6) is 11.5 Å². The lowest BCUT2D eigenvalue weighted by molar-refractivity contribution is -0.275. The number of rotatable bonds is 2. The smallest absolute Gasteiger partial charge is 0.504 e. The van der Waals surface area contributed by atoms with Gasteiger partial charge < -0.3 is 15.6 Å². The summed E-state index contributed by atoms with van der Waals surface area (Å²) in [6.07, 6.45) is -4.88. The van der Waals surface area contributed by atoms with E-state index >= 15 is 0 Å². The van der Waals surface area contributed by atoms with Gasteiger partial charge in [-0.15, -0.1) is 13.2 Å². The van der Waals surface area contributed by atoms with Crippen LogP contribution in [0.2, 0.25) is 0 Å². The summed E-state index contributed by atoms with van der Waals surface area (Å²) in [5.41, 5.74) is 7.25. The maximum absolute atomic E-state index is 12.2. The Balaban J connectivity index is 2.45. The largest absolute Gasteiger partial charge is 0.573 e. The van der Waals surface area contributed by atoms with Crippen molar-refractivity contribution in [1.82, 2.24) is 4.98 Å². The van der Waals surface area contributed by atoms with Gasteiger partial charge in [0.1, 0.15) is 5.82 Å². The van der Waals surface area contributed by atoms with Crippen molar-refractivity contribution in [3.63, 3.8) is 0 Å². The van der Waals surface area contributed by atoms with Crippen LogP contribution in [0.3, 0.4) is 0 Å². The van der Waals surface area contributed by atoms with Gasteiger partial charge in [0, 0.05) is 11.3 Å². The average molecular weight is 284 g/mol. The first-order valence-electron chi connectivity index (χ1n) is 5.58. The van der Waals surface area contributed by atoms with Gasteiger partial charge in [-0.25, -0.2) is 4.98 Å². The number of aromatic hydroxyl groups is 1. The van der Waals surface area contributed by atoms with Crippen molar-refractivity contribution >= 4 is 5.82 Å². The maximum Gasteiger partial charge on any atom is 0.573 e. The van der Waals surface area contributed by atoms with E-state index in [0.717, 1.165) is 12.1 Å². The Morgan fingerprint density at radius 2 is 1.90 bits per heavy atom. The van der Waals surface area contributed by atoms with Gasteiger partial charge in [0.15, 0.2) is 11.5 Å². The summed E-state index contributed by atoms with van der Waals surface area (Å²) < 4.78 is 40.4. The highest BCUT2D eigenvalue weighted by Gasteiger charge is 2.32. The van der Waals surface area contributed by atoms with Gasteiger partial charge in [-0.05, 0) is 36.8 Å². The Kier molecular flexibility index (Phi) is 3.44. The molecular weight excluding hydrogens is 273 g/mol. The second-order valence-corrected chi connectivity index (χ2v) is 4.12. The molecule has 1 aromatic heterocycles. The van der Waals surface area contributed by atoms with Crippen LogP contribution in [-0.2, 0) is 0 Å². The maximum atomic E-state index is 12.2. The Morgan fingerprint density at radius 1 is 1.20 bits per heavy atom. The minimum atomic E-state index is -4.88. The molecule has 7 heteroatoms. The number of aryl methyl sites for hydroxylation is 1. The number of anilines is 1. The highest BCUT2D eigenvalue weighted by molar-refractivity contribution is 5.75.